The second kappa shape index (κ2) is 7.91. The van der Waals surface area contributed by atoms with Crippen molar-refractivity contribution < 1.29 is 36.2 Å². The van der Waals surface area contributed by atoms with Crippen molar-refractivity contribution in [3.63, 3.8) is 0 Å². The fourth-order valence-electron chi connectivity index (χ4n) is 5.38. The number of nitrogens with zero attached hydrogens (tertiary/aromatic N) is 3. The fourth-order valence-corrected chi connectivity index (χ4v) is 7.53. The van der Waals surface area contributed by atoms with Gasteiger partial charge in [0, 0.05) is 5.69 Å². The standard InChI is InChI=1S/C25H20F3N3O5S2/c26-25(27,28)17-10-15(3-2-14(17)12-29)30-21(32)23(6-1-7-23)31(22(30)37)16-4-5-18-19(11-16)38(34,35)13-20(36-18)24(33)8-9-24/h2-5,10-11,20,33H,1,6-9,13H2/t20-/m1/s1. The van der Waals surface area contributed by atoms with Crippen molar-refractivity contribution in [2.24, 2.45) is 0 Å². The van der Waals surface area contributed by atoms with Gasteiger partial charge in [-0.2, -0.15) is 18.4 Å². The summed E-state index contributed by atoms with van der Waals surface area (Å²) in [7, 11) is -3.85. The van der Waals surface area contributed by atoms with Crippen LogP contribution in [0.2, 0.25) is 0 Å². The predicted molar refractivity (Wildman–Crippen MR) is 132 cm³/mol. The first kappa shape index (κ1) is 25.1. The van der Waals surface area contributed by atoms with Crippen LogP contribution < -0.4 is 14.5 Å². The smallest absolute Gasteiger partial charge is 0.417 e. The Hall–Kier alpha value is -3.21. The molecule has 2 aromatic rings. The number of rotatable bonds is 3. The van der Waals surface area contributed by atoms with Crippen LogP contribution in [-0.4, -0.2) is 47.5 Å². The summed E-state index contributed by atoms with van der Waals surface area (Å²) in [6, 6.07) is 8.85. The third-order valence-corrected chi connectivity index (χ3v) is 9.90. The van der Waals surface area contributed by atoms with Gasteiger partial charge in [-0.25, -0.2) is 8.42 Å². The van der Waals surface area contributed by atoms with Gasteiger partial charge in [0.05, 0.1) is 28.6 Å². The number of carbonyl (C=O) groups is 1. The second-order valence-electron chi connectivity index (χ2n) is 10.1. The molecule has 0 radical (unpaired) electrons. The van der Waals surface area contributed by atoms with Crippen LogP contribution in [0.5, 0.6) is 5.75 Å². The van der Waals surface area contributed by atoms with E-state index in [2.05, 4.69) is 0 Å². The zero-order chi connectivity index (χ0) is 27.3. The summed E-state index contributed by atoms with van der Waals surface area (Å²) in [6.07, 6.45) is -3.37. The molecule has 1 N–H and O–H groups in total. The minimum absolute atomic E-state index is 0.0863. The molecule has 1 atom stereocenters. The van der Waals surface area contributed by atoms with Crippen LogP contribution in [0.4, 0.5) is 24.5 Å². The number of thiocarbonyl (C=S) groups is 1. The summed E-state index contributed by atoms with van der Waals surface area (Å²) in [6.45, 7) is 0. The van der Waals surface area contributed by atoms with E-state index in [1.54, 1.807) is 6.07 Å². The van der Waals surface area contributed by atoms with E-state index >= 15 is 0 Å². The highest BCUT2D eigenvalue weighted by Gasteiger charge is 2.60. The van der Waals surface area contributed by atoms with E-state index in [1.807, 2.05) is 0 Å². The minimum Gasteiger partial charge on any atom is -0.485 e. The van der Waals surface area contributed by atoms with Crippen molar-refractivity contribution in [1.82, 2.24) is 0 Å². The van der Waals surface area contributed by atoms with Crippen LogP contribution in [0.1, 0.15) is 43.2 Å². The predicted octanol–water partition coefficient (Wildman–Crippen LogP) is 3.70. The van der Waals surface area contributed by atoms with Crippen LogP contribution in [0, 0.1) is 11.3 Å². The molecule has 0 aromatic heterocycles. The average Bonchev–Trinajstić information content (AvgIpc) is 3.53. The molecule has 8 nitrogen and oxygen atoms in total. The summed E-state index contributed by atoms with van der Waals surface area (Å²) in [5, 5.41) is 19.4. The molecule has 198 valence electrons. The Balaban J connectivity index is 1.42. The summed E-state index contributed by atoms with van der Waals surface area (Å²) in [5.74, 6) is -0.825. The van der Waals surface area contributed by atoms with E-state index in [1.165, 1.54) is 29.2 Å². The van der Waals surface area contributed by atoms with Gasteiger partial charge in [-0.05, 0) is 80.7 Å². The molecule has 3 fully saturated rings. The maximum atomic E-state index is 13.7. The minimum atomic E-state index is -4.82. The van der Waals surface area contributed by atoms with Gasteiger partial charge >= 0.3 is 6.18 Å². The number of anilines is 2. The summed E-state index contributed by atoms with van der Waals surface area (Å²) in [4.78, 5) is 16.1. The Bertz CT molecular complexity index is 1560. The first-order valence-corrected chi connectivity index (χ1v) is 13.9. The largest absolute Gasteiger partial charge is 0.485 e. The van der Waals surface area contributed by atoms with Crippen LogP contribution in [0.15, 0.2) is 41.3 Å². The maximum absolute atomic E-state index is 13.7. The zero-order valence-electron chi connectivity index (χ0n) is 19.7. The second-order valence-corrected chi connectivity index (χ2v) is 12.5. The van der Waals surface area contributed by atoms with Gasteiger partial charge in [-0.3, -0.25) is 9.69 Å². The number of ether oxygens (including phenoxy) is 1. The maximum Gasteiger partial charge on any atom is 0.417 e. The van der Waals surface area contributed by atoms with E-state index < -0.39 is 56.0 Å². The SMILES string of the molecule is N#Cc1ccc(N2C(=O)C3(CCC3)N(c3ccc4c(c3)S(=O)(=O)C[C@H](C3(O)CC3)O4)C2=S)cc1C(F)(F)F. The molecular formula is C25H20F3N3O5S2. The fraction of sp³-hybridized carbons (Fsp3) is 0.400. The molecule has 0 bridgehead atoms. The highest BCUT2D eigenvalue weighted by Crippen LogP contribution is 2.50. The van der Waals surface area contributed by atoms with Gasteiger partial charge < -0.3 is 14.7 Å². The monoisotopic (exact) mass is 563 g/mol. The van der Waals surface area contributed by atoms with E-state index in [0.717, 1.165) is 17.0 Å². The van der Waals surface area contributed by atoms with Crippen molar-refractivity contribution in [3.8, 4) is 11.8 Å². The average molecular weight is 564 g/mol. The molecule has 2 aliphatic carbocycles. The van der Waals surface area contributed by atoms with Crippen molar-refractivity contribution in [2.75, 3.05) is 15.6 Å². The lowest BCUT2D eigenvalue weighted by atomic mass is 9.75. The van der Waals surface area contributed by atoms with Crippen molar-refractivity contribution in [1.29, 1.82) is 5.26 Å². The molecule has 13 heteroatoms. The third kappa shape index (κ3) is 3.54. The van der Waals surface area contributed by atoms with Crippen LogP contribution in [-0.2, 0) is 20.8 Å². The van der Waals surface area contributed by atoms with Gasteiger partial charge in [0.1, 0.15) is 27.9 Å². The molecule has 2 saturated carbocycles. The first-order chi connectivity index (χ1) is 17.8. The van der Waals surface area contributed by atoms with Crippen molar-refractivity contribution >= 4 is 44.4 Å². The molecule has 4 aliphatic rings. The van der Waals surface area contributed by atoms with E-state index in [-0.39, 0.29) is 21.4 Å². The van der Waals surface area contributed by atoms with Crippen LogP contribution >= 0.6 is 12.2 Å². The molecule has 0 unspecified atom stereocenters. The lowest BCUT2D eigenvalue weighted by Gasteiger charge is -2.43. The third-order valence-electron chi connectivity index (χ3n) is 7.80. The van der Waals surface area contributed by atoms with Gasteiger partial charge in [-0.15, -0.1) is 0 Å². The van der Waals surface area contributed by atoms with E-state index in [9.17, 15) is 31.5 Å². The number of carbonyl (C=O) groups excluding carboxylic acids is 1. The number of benzene rings is 2. The summed E-state index contributed by atoms with van der Waals surface area (Å²) < 4.78 is 73.0. The molecule has 2 heterocycles. The molecule has 2 aliphatic heterocycles. The van der Waals surface area contributed by atoms with Gasteiger partial charge in [0.15, 0.2) is 14.9 Å². The molecule has 6 rings (SSSR count). The Morgan fingerprint density at radius 3 is 2.37 bits per heavy atom. The molecule has 1 spiro atoms. The van der Waals surface area contributed by atoms with Crippen LogP contribution in [0.25, 0.3) is 0 Å². The molecular weight excluding hydrogens is 543 g/mol. The van der Waals surface area contributed by atoms with Gasteiger partial charge in [0.2, 0.25) is 0 Å². The number of aliphatic hydroxyl groups is 1. The van der Waals surface area contributed by atoms with Crippen molar-refractivity contribution in [2.45, 2.75) is 60.4 Å². The quantitative estimate of drug-likeness (QED) is 0.563. The molecule has 2 aromatic carbocycles. The molecule has 38 heavy (non-hydrogen) atoms. The first-order valence-electron chi connectivity index (χ1n) is 11.9. The highest BCUT2D eigenvalue weighted by atomic mass is 32.2. The summed E-state index contributed by atoms with van der Waals surface area (Å²) in [5.41, 5.74) is -3.93. The molecule has 1 amide bonds. The normalized spacial score (nSPS) is 24.4. The Kier molecular flexibility index (Phi) is 5.22. The van der Waals surface area contributed by atoms with Gasteiger partial charge in [0.25, 0.3) is 5.91 Å². The highest BCUT2D eigenvalue weighted by molar-refractivity contribution is 7.91. The van der Waals surface area contributed by atoms with Crippen molar-refractivity contribution in [3.05, 3.63) is 47.5 Å². The number of amides is 1. The number of hydrogen-bond acceptors (Lipinski definition) is 7. The number of sulfone groups is 1. The van der Waals surface area contributed by atoms with Crippen LogP contribution in [0.3, 0.4) is 0 Å². The number of alkyl halides is 3. The van der Waals surface area contributed by atoms with Gasteiger partial charge in [-0.1, -0.05) is 0 Å². The number of hydrogen-bond donors (Lipinski definition) is 1. The Morgan fingerprint density at radius 2 is 1.79 bits per heavy atom. The Morgan fingerprint density at radius 1 is 1.11 bits per heavy atom. The number of fused-ring (bicyclic) bond motifs is 1. The number of nitriles is 1. The Labute approximate surface area is 221 Å². The summed E-state index contributed by atoms with van der Waals surface area (Å²) >= 11 is 5.61. The lowest BCUT2D eigenvalue weighted by molar-refractivity contribution is -0.137. The zero-order valence-corrected chi connectivity index (χ0v) is 21.3. The molecule has 1 saturated heterocycles. The van der Waals surface area contributed by atoms with E-state index in [4.69, 9.17) is 22.2 Å². The topological polar surface area (TPSA) is 111 Å². The number of halogens is 3. The van der Waals surface area contributed by atoms with E-state index in [0.29, 0.717) is 37.8 Å². The lowest BCUT2D eigenvalue weighted by Crippen LogP contribution is -2.55.